The van der Waals surface area contributed by atoms with E-state index in [-0.39, 0.29) is 16.8 Å². The van der Waals surface area contributed by atoms with E-state index in [2.05, 4.69) is 10.0 Å². The van der Waals surface area contributed by atoms with E-state index in [1.54, 1.807) is 49.4 Å². The van der Waals surface area contributed by atoms with Gasteiger partial charge in [-0.25, -0.2) is 13.1 Å². The zero-order chi connectivity index (χ0) is 19.2. The van der Waals surface area contributed by atoms with Crippen molar-refractivity contribution in [3.05, 3.63) is 65.2 Å². The fourth-order valence-electron chi connectivity index (χ4n) is 2.06. The molecule has 0 aliphatic rings. The predicted octanol–water partition coefficient (Wildman–Crippen LogP) is 4.07. The van der Waals surface area contributed by atoms with Gasteiger partial charge in [-0.3, -0.25) is 4.79 Å². The Hall–Kier alpha value is -2.15. The van der Waals surface area contributed by atoms with Gasteiger partial charge in [-0.05, 0) is 61.4 Å². The number of rotatable bonds is 7. The third-order valence-electron chi connectivity index (χ3n) is 3.70. The highest BCUT2D eigenvalue weighted by Gasteiger charge is 2.16. The topological polar surface area (TPSA) is 75.3 Å². The number of anilines is 1. The molecule has 0 spiro atoms. The van der Waals surface area contributed by atoms with Crippen LogP contribution in [0, 0.1) is 0 Å². The van der Waals surface area contributed by atoms with E-state index >= 15 is 0 Å². The molecule has 0 saturated carbocycles. The Bertz CT molecular complexity index is 876. The van der Waals surface area contributed by atoms with E-state index in [4.69, 9.17) is 11.6 Å². The van der Waals surface area contributed by atoms with Crippen molar-refractivity contribution in [1.29, 1.82) is 0 Å². The third-order valence-corrected chi connectivity index (χ3v) is 5.56. The Balaban J connectivity index is 2.00. The summed E-state index contributed by atoms with van der Waals surface area (Å²) < 4.78 is 27.0. The summed E-state index contributed by atoms with van der Waals surface area (Å²) in [4.78, 5) is 12.1. The van der Waals surface area contributed by atoms with Crippen molar-refractivity contribution in [3.8, 4) is 0 Å². The van der Waals surface area contributed by atoms with Gasteiger partial charge in [-0.1, -0.05) is 30.7 Å². The monoisotopic (exact) mass is 392 g/mol. The van der Waals surface area contributed by atoms with E-state index in [1.807, 2.05) is 6.92 Å². The van der Waals surface area contributed by atoms with Gasteiger partial charge in [0.15, 0.2) is 0 Å². The third kappa shape index (κ3) is 5.98. The Morgan fingerprint density at radius 2 is 1.73 bits per heavy atom. The minimum Gasteiger partial charge on any atom is -0.323 e. The fourth-order valence-corrected chi connectivity index (χ4v) is 3.52. The number of hydrogen-bond donors (Lipinski definition) is 2. The maximum Gasteiger partial charge on any atom is 0.248 e. The zero-order valence-electron chi connectivity index (χ0n) is 14.6. The van der Waals surface area contributed by atoms with Crippen LogP contribution >= 0.6 is 11.6 Å². The van der Waals surface area contributed by atoms with Crippen molar-refractivity contribution in [2.75, 3.05) is 5.32 Å². The smallest absolute Gasteiger partial charge is 0.248 e. The van der Waals surface area contributed by atoms with E-state index in [0.29, 0.717) is 17.1 Å². The first-order chi connectivity index (χ1) is 12.3. The summed E-state index contributed by atoms with van der Waals surface area (Å²) in [7, 11) is -3.55. The van der Waals surface area contributed by atoms with Gasteiger partial charge in [0.2, 0.25) is 15.9 Å². The lowest BCUT2D eigenvalue weighted by Crippen LogP contribution is -2.31. The number of halogens is 1. The Kier molecular flexibility index (Phi) is 6.97. The van der Waals surface area contributed by atoms with E-state index in [0.717, 1.165) is 5.56 Å². The van der Waals surface area contributed by atoms with Crippen LogP contribution in [0.4, 0.5) is 5.69 Å². The predicted molar refractivity (Wildman–Crippen MR) is 106 cm³/mol. The molecular weight excluding hydrogens is 372 g/mol. The van der Waals surface area contributed by atoms with Gasteiger partial charge in [0, 0.05) is 22.8 Å². The Morgan fingerprint density at radius 1 is 1.12 bits per heavy atom. The number of benzene rings is 2. The molecule has 5 nitrogen and oxygen atoms in total. The molecule has 0 radical (unpaired) electrons. The van der Waals surface area contributed by atoms with Crippen LogP contribution in [-0.4, -0.2) is 20.4 Å². The van der Waals surface area contributed by atoms with Gasteiger partial charge in [-0.15, -0.1) is 0 Å². The molecule has 0 aliphatic heterocycles. The summed E-state index contributed by atoms with van der Waals surface area (Å²) in [5.41, 5.74) is 1.36. The number of hydrogen-bond acceptors (Lipinski definition) is 3. The molecule has 2 rings (SSSR count). The van der Waals surface area contributed by atoms with E-state index in [9.17, 15) is 13.2 Å². The average molecular weight is 393 g/mol. The molecule has 2 aromatic rings. The highest BCUT2D eigenvalue weighted by molar-refractivity contribution is 7.89. The summed E-state index contributed by atoms with van der Waals surface area (Å²) in [6.45, 7) is 3.71. The van der Waals surface area contributed by atoms with Crippen LogP contribution in [0.15, 0.2) is 59.5 Å². The highest BCUT2D eigenvalue weighted by Crippen LogP contribution is 2.15. The second-order valence-corrected chi connectivity index (χ2v) is 7.98. The second kappa shape index (κ2) is 8.98. The minimum absolute atomic E-state index is 0.141. The summed E-state index contributed by atoms with van der Waals surface area (Å²) in [5, 5.41) is 3.32. The Morgan fingerprint density at radius 3 is 2.31 bits per heavy atom. The quantitative estimate of drug-likeness (QED) is 0.697. The van der Waals surface area contributed by atoms with Crippen molar-refractivity contribution in [2.24, 2.45) is 0 Å². The lowest BCUT2D eigenvalue weighted by atomic mass is 10.2. The van der Waals surface area contributed by atoms with Crippen LogP contribution in [0.5, 0.6) is 0 Å². The standard InChI is InChI=1S/C19H21ClN2O3S/c1-3-14(2)22-26(24,25)18-11-9-17(10-12-18)21-19(23)13-6-15-4-7-16(20)8-5-15/h4-14,22H,3H2,1-2H3,(H,21,23). The van der Waals surface area contributed by atoms with Gasteiger partial charge in [-0.2, -0.15) is 0 Å². The number of amides is 1. The lowest BCUT2D eigenvalue weighted by molar-refractivity contribution is -0.111. The zero-order valence-corrected chi connectivity index (χ0v) is 16.1. The molecule has 0 fully saturated rings. The van der Waals surface area contributed by atoms with Gasteiger partial charge >= 0.3 is 0 Å². The molecule has 0 aliphatic carbocycles. The summed E-state index contributed by atoms with van der Waals surface area (Å²) in [6.07, 6.45) is 3.77. The van der Waals surface area contributed by atoms with Gasteiger partial charge in [0.05, 0.1) is 4.90 Å². The number of carbonyl (C=O) groups is 1. The van der Waals surface area contributed by atoms with Crippen LogP contribution in [0.1, 0.15) is 25.8 Å². The van der Waals surface area contributed by atoms with Crippen molar-refractivity contribution in [1.82, 2.24) is 4.72 Å². The molecule has 0 aromatic heterocycles. The van der Waals surface area contributed by atoms with E-state index < -0.39 is 10.0 Å². The highest BCUT2D eigenvalue weighted by atomic mass is 35.5. The maximum atomic E-state index is 12.2. The normalized spacial score (nSPS) is 12.9. The molecule has 1 unspecified atom stereocenters. The molecule has 0 saturated heterocycles. The number of sulfonamides is 1. The molecule has 2 N–H and O–H groups in total. The van der Waals surface area contributed by atoms with Crippen molar-refractivity contribution in [3.63, 3.8) is 0 Å². The molecule has 138 valence electrons. The summed E-state index contributed by atoms with van der Waals surface area (Å²) >= 11 is 5.81. The van der Waals surface area contributed by atoms with Crippen LogP contribution in [0.3, 0.4) is 0 Å². The molecule has 2 aromatic carbocycles. The number of carbonyl (C=O) groups excluding carboxylic acids is 1. The van der Waals surface area contributed by atoms with Crippen LogP contribution in [-0.2, 0) is 14.8 Å². The lowest BCUT2D eigenvalue weighted by Gasteiger charge is -2.12. The fraction of sp³-hybridized carbons (Fsp3) is 0.211. The molecule has 0 bridgehead atoms. The first-order valence-corrected chi connectivity index (χ1v) is 10.0. The summed E-state index contributed by atoms with van der Waals surface area (Å²) in [5.74, 6) is -0.312. The second-order valence-electron chi connectivity index (χ2n) is 5.83. The van der Waals surface area contributed by atoms with Crippen molar-refractivity contribution >= 4 is 39.3 Å². The molecule has 26 heavy (non-hydrogen) atoms. The first-order valence-electron chi connectivity index (χ1n) is 8.17. The van der Waals surface area contributed by atoms with Crippen molar-refractivity contribution in [2.45, 2.75) is 31.2 Å². The van der Waals surface area contributed by atoms with Crippen LogP contribution in [0.25, 0.3) is 6.08 Å². The SMILES string of the molecule is CCC(C)NS(=O)(=O)c1ccc(NC(=O)C=Cc2ccc(Cl)cc2)cc1. The molecule has 0 heterocycles. The number of nitrogens with one attached hydrogen (secondary N) is 2. The largest absolute Gasteiger partial charge is 0.323 e. The van der Waals surface area contributed by atoms with Gasteiger partial charge in [0.25, 0.3) is 0 Å². The molecule has 7 heteroatoms. The summed E-state index contributed by atoms with van der Waals surface area (Å²) in [6, 6.07) is 13.0. The molecular formula is C19H21ClN2O3S. The minimum atomic E-state index is -3.55. The maximum absolute atomic E-state index is 12.2. The van der Waals surface area contributed by atoms with Crippen LogP contribution < -0.4 is 10.0 Å². The molecule has 1 atom stereocenters. The first kappa shape index (κ1) is 20.2. The Labute approximate surface area is 159 Å². The van der Waals surface area contributed by atoms with E-state index in [1.165, 1.54) is 18.2 Å². The van der Waals surface area contributed by atoms with Gasteiger partial charge < -0.3 is 5.32 Å². The van der Waals surface area contributed by atoms with Crippen molar-refractivity contribution < 1.29 is 13.2 Å². The van der Waals surface area contributed by atoms with Crippen LogP contribution in [0.2, 0.25) is 5.02 Å². The average Bonchev–Trinajstić information content (AvgIpc) is 2.61. The van der Waals surface area contributed by atoms with Gasteiger partial charge in [0.1, 0.15) is 0 Å². The molecule has 1 amide bonds.